The number of aryl methyl sites for hydroxylation is 2. The zero-order valence-corrected chi connectivity index (χ0v) is 22.8. The molecular formula is C32H33NO5. The van der Waals surface area contributed by atoms with Gasteiger partial charge in [-0.2, -0.15) is 0 Å². The van der Waals surface area contributed by atoms with Crippen LogP contribution in [0.1, 0.15) is 69.7 Å². The molecule has 6 nitrogen and oxygen atoms in total. The number of amides is 1. The van der Waals surface area contributed by atoms with Crippen LogP contribution in [-0.2, 0) is 6.42 Å². The molecule has 0 N–H and O–H groups in total. The van der Waals surface area contributed by atoms with Crippen molar-refractivity contribution in [3.8, 4) is 11.5 Å². The summed E-state index contributed by atoms with van der Waals surface area (Å²) in [5, 5.41) is 0.514. The van der Waals surface area contributed by atoms with Gasteiger partial charge in [0, 0.05) is 6.54 Å². The maximum Gasteiger partial charge on any atom is 0.290 e. The van der Waals surface area contributed by atoms with Gasteiger partial charge in [-0.15, -0.1) is 0 Å². The van der Waals surface area contributed by atoms with Gasteiger partial charge < -0.3 is 18.8 Å². The average molecular weight is 512 g/mol. The fraction of sp³-hybridized carbons (Fsp3) is 0.312. The monoisotopic (exact) mass is 511 g/mol. The highest BCUT2D eigenvalue weighted by atomic mass is 16.5. The van der Waals surface area contributed by atoms with Gasteiger partial charge in [-0.05, 0) is 72.2 Å². The topological polar surface area (TPSA) is 69.0 Å². The molecule has 1 aliphatic heterocycles. The second-order valence-corrected chi connectivity index (χ2v) is 10.3. The molecule has 1 aromatic heterocycles. The van der Waals surface area contributed by atoms with E-state index in [2.05, 4.69) is 26.0 Å². The molecule has 1 atom stereocenters. The van der Waals surface area contributed by atoms with Crippen LogP contribution < -0.4 is 14.9 Å². The minimum atomic E-state index is -0.527. The minimum Gasteiger partial charge on any atom is -0.493 e. The Morgan fingerprint density at radius 2 is 1.63 bits per heavy atom. The molecule has 0 aliphatic carbocycles. The third-order valence-electron chi connectivity index (χ3n) is 7.41. The van der Waals surface area contributed by atoms with Crippen molar-refractivity contribution in [2.24, 2.45) is 0 Å². The van der Waals surface area contributed by atoms with Crippen molar-refractivity contribution in [2.75, 3.05) is 20.8 Å². The van der Waals surface area contributed by atoms with Gasteiger partial charge in [0.1, 0.15) is 5.58 Å². The van der Waals surface area contributed by atoms with Crippen molar-refractivity contribution in [1.82, 2.24) is 4.90 Å². The Hall–Kier alpha value is -4.06. The molecule has 0 radical (unpaired) electrons. The zero-order valence-electron chi connectivity index (χ0n) is 22.8. The quantitative estimate of drug-likeness (QED) is 0.290. The van der Waals surface area contributed by atoms with E-state index in [0.717, 1.165) is 22.3 Å². The molecule has 0 spiro atoms. The van der Waals surface area contributed by atoms with E-state index in [9.17, 15) is 9.59 Å². The fourth-order valence-electron chi connectivity index (χ4n) is 5.40. The van der Waals surface area contributed by atoms with Crippen molar-refractivity contribution in [2.45, 2.75) is 46.1 Å². The van der Waals surface area contributed by atoms with Gasteiger partial charge in [-0.25, -0.2) is 0 Å². The van der Waals surface area contributed by atoms with E-state index >= 15 is 0 Å². The number of methoxy groups -OCH3 is 2. The van der Waals surface area contributed by atoms with E-state index in [-0.39, 0.29) is 17.1 Å². The second-order valence-electron chi connectivity index (χ2n) is 10.3. The third kappa shape index (κ3) is 4.34. The Kier molecular flexibility index (Phi) is 6.74. The number of ether oxygens (including phenoxy) is 2. The number of rotatable bonds is 7. The van der Waals surface area contributed by atoms with Crippen molar-refractivity contribution in [1.29, 1.82) is 0 Å². The average Bonchev–Trinajstić information content (AvgIpc) is 3.19. The summed E-state index contributed by atoms with van der Waals surface area (Å²) in [5.74, 6) is 1.53. The SMILES string of the molecule is COc1ccc(CCN2C(=O)c3oc4c(C)cc(C)cc4c(=O)c3[C@@H]2c2ccc(C(C)C)cc2)cc1OC. The lowest BCUT2D eigenvalue weighted by Gasteiger charge is -2.25. The van der Waals surface area contributed by atoms with Crippen molar-refractivity contribution in [3.63, 3.8) is 0 Å². The summed E-state index contributed by atoms with van der Waals surface area (Å²) in [7, 11) is 3.20. The Balaban J connectivity index is 1.61. The van der Waals surface area contributed by atoms with E-state index in [0.29, 0.717) is 46.9 Å². The van der Waals surface area contributed by atoms with Crippen LogP contribution in [0.3, 0.4) is 0 Å². The molecule has 196 valence electrons. The maximum absolute atomic E-state index is 13.9. The summed E-state index contributed by atoms with van der Waals surface area (Å²) in [6.45, 7) is 8.56. The lowest BCUT2D eigenvalue weighted by molar-refractivity contribution is 0.0730. The zero-order chi connectivity index (χ0) is 27.1. The van der Waals surface area contributed by atoms with Gasteiger partial charge >= 0.3 is 0 Å². The van der Waals surface area contributed by atoms with Gasteiger partial charge in [0.15, 0.2) is 16.9 Å². The van der Waals surface area contributed by atoms with Crippen LogP contribution in [0.4, 0.5) is 0 Å². The summed E-state index contributed by atoms with van der Waals surface area (Å²) in [4.78, 5) is 29.5. The molecule has 0 saturated carbocycles. The standard InChI is InChI=1S/C32H33NO5/c1-18(2)22-8-10-23(11-9-22)28-27-29(34)24-16-19(3)15-20(4)30(24)38-31(27)32(35)33(28)14-13-21-7-12-25(36-5)26(17-21)37-6/h7-12,15-18,28H,13-14H2,1-6H3/t28-/m0/s1. The number of fused-ring (bicyclic) bond motifs is 2. The fourth-order valence-corrected chi connectivity index (χ4v) is 5.40. The number of hydrogen-bond donors (Lipinski definition) is 0. The molecule has 5 rings (SSSR count). The predicted octanol–water partition coefficient (Wildman–Crippen LogP) is 6.34. The van der Waals surface area contributed by atoms with Crippen LogP contribution in [0.15, 0.2) is 63.8 Å². The van der Waals surface area contributed by atoms with Gasteiger partial charge in [0.25, 0.3) is 5.91 Å². The van der Waals surface area contributed by atoms with Crippen LogP contribution >= 0.6 is 0 Å². The number of benzene rings is 3. The normalized spacial score (nSPS) is 14.9. The molecule has 1 aliphatic rings. The van der Waals surface area contributed by atoms with Gasteiger partial charge in [-0.1, -0.05) is 50.2 Å². The predicted molar refractivity (Wildman–Crippen MR) is 149 cm³/mol. The Morgan fingerprint density at radius 1 is 0.921 bits per heavy atom. The highest BCUT2D eigenvalue weighted by Gasteiger charge is 2.42. The number of hydrogen-bond acceptors (Lipinski definition) is 5. The highest BCUT2D eigenvalue weighted by molar-refractivity contribution is 5.99. The van der Waals surface area contributed by atoms with Crippen LogP contribution in [0.2, 0.25) is 0 Å². The van der Waals surface area contributed by atoms with Gasteiger partial charge in [-0.3, -0.25) is 9.59 Å². The molecule has 0 unspecified atom stereocenters. The first kappa shape index (κ1) is 25.6. The lowest BCUT2D eigenvalue weighted by Crippen LogP contribution is -2.31. The van der Waals surface area contributed by atoms with Crippen molar-refractivity contribution < 1.29 is 18.7 Å². The molecular weight excluding hydrogens is 478 g/mol. The molecule has 38 heavy (non-hydrogen) atoms. The molecule has 3 aromatic carbocycles. The summed E-state index contributed by atoms with van der Waals surface area (Å²) in [6, 6.07) is 17.2. The van der Waals surface area contributed by atoms with Crippen LogP contribution in [0, 0.1) is 13.8 Å². The second kappa shape index (κ2) is 10.0. The molecule has 6 heteroatoms. The molecule has 4 aromatic rings. The summed E-state index contributed by atoms with van der Waals surface area (Å²) < 4.78 is 17.0. The van der Waals surface area contributed by atoms with Gasteiger partial charge in [0.05, 0.1) is 31.2 Å². The number of carbonyl (C=O) groups is 1. The van der Waals surface area contributed by atoms with Crippen LogP contribution in [0.25, 0.3) is 11.0 Å². The lowest BCUT2D eigenvalue weighted by atomic mass is 9.94. The Morgan fingerprint density at radius 3 is 2.29 bits per heavy atom. The minimum absolute atomic E-state index is 0.139. The first-order valence-corrected chi connectivity index (χ1v) is 12.9. The molecule has 0 bridgehead atoms. The number of nitrogens with zero attached hydrogens (tertiary/aromatic N) is 1. The third-order valence-corrected chi connectivity index (χ3v) is 7.41. The molecule has 2 heterocycles. The summed E-state index contributed by atoms with van der Waals surface area (Å²) in [6.07, 6.45) is 0.576. The van der Waals surface area contributed by atoms with E-state index in [1.165, 1.54) is 5.56 Å². The maximum atomic E-state index is 13.9. The van der Waals surface area contributed by atoms with Crippen LogP contribution in [-0.4, -0.2) is 31.6 Å². The first-order valence-electron chi connectivity index (χ1n) is 12.9. The first-order chi connectivity index (χ1) is 18.2. The Bertz CT molecular complexity index is 1580. The van der Waals surface area contributed by atoms with Crippen molar-refractivity contribution >= 4 is 16.9 Å². The van der Waals surface area contributed by atoms with E-state index in [1.807, 2.05) is 56.3 Å². The van der Waals surface area contributed by atoms with E-state index in [1.54, 1.807) is 19.1 Å². The summed E-state index contributed by atoms with van der Waals surface area (Å²) in [5.41, 5.74) is 5.66. The Labute approximate surface area is 222 Å². The largest absolute Gasteiger partial charge is 0.493 e. The molecule has 1 amide bonds. The van der Waals surface area contributed by atoms with Gasteiger partial charge in [0.2, 0.25) is 5.76 Å². The summed E-state index contributed by atoms with van der Waals surface area (Å²) >= 11 is 0. The molecule has 0 saturated heterocycles. The molecule has 0 fully saturated rings. The van der Waals surface area contributed by atoms with Crippen LogP contribution in [0.5, 0.6) is 11.5 Å². The van der Waals surface area contributed by atoms with Crippen molar-refractivity contribution in [3.05, 3.63) is 104 Å². The van der Waals surface area contributed by atoms with E-state index in [4.69, 9.17) is 13.9 Å². The van der Waals surface area contributed by atoms with E-state index < -0.39 is 6.04 Å². The number of carbonyl (C=O) groups excluding carboxylic acids is 1. The smallest absolute Gasteiger partial charge is 0.290 e. The highest BCUT2D eigenvalue weighted by Crippen LogP contribution is 2.39.